The molecule has 0 aliphatic rings. The Morgan fingerprint density at radius 1 is 1.33 bits per heavy atom. The van der Waals surface area contributed by atoms with Gasteiger partial charge in [-0.05, 0) is 24.3 Å². The number of hydrogen-bond donors (Lipinski definition) is 2. The molecule has 102 valence electrons. The van der Waals surface area contributed by atoms with Crippen molar-refractivity contribution in [3.8, 4) is 0 Å². The highest BCUT2D eigenvalue weighted by Gasteiger charge is 2.30. The Labute approximate surface area is 108 Å². The van der Waals surface area contributed by atoms with Crippen molar-refractivity contribution in [1.82, 2.24) is 4.98 Å². The van der Waals surface area contributed by atoms with Crippen molar-refractivity contribution in [3.05, 3.63) is 23.9 Å². The Morgan fingerprint density at radius 2 is 2.11 bits per heavy atom. The number of aromatic nitrogens is 1. The van der Waals surface area contributed by atoms with E-state index in [0.717, 1.165) is 36.3 Å². The number of hydrogen-bond acceptors (Lipinski definition) is 4. The molecule has 3 nitrogen and oxygen atoms in total. The number of aliphatic hydroxyl groups excluding tert-OH is 1. The fraction of sp³-hybridized carbons (Fsp3) is 0.545. The highest BCUT2D eigenvalue weighted by atomic mass is 32.2. The van der Waals surface area contributed by atoms with Crippen LogP contribution >= 0.6 is 11.8 Å². The van der Waals surface area contributed by atoms with Gasteiger partial charge in [0, 0.05) is 25.1 Å². The summed E-state index contributed by atoms with van der Waals surface area (Å²) in [5, 5.41) is 11.4. The number of alkyl halides is 3. The standard InChI is InChI=1S/C11H15F3N2OS/c12-11(13,14)9-2-3-15-10(8-9)16-4-7-18-6-1-5-17/h2-3,8,17H,1,4-7H2,(H,15,16). The fourth-order valence-electron chi connectivity index (χ4n) is 1.22. The van der Waals surface area contributed by atoms with Crippen LogP contribution < -0.4 is 5.32 Å². The van der Waals surface area contributed by atoms with Gasteiger partial charge in [0.25, 0.3) is 0 Å². The van der Waals surface area contributed by atoms with Crippen LogP contribution in [-0.4, -0.2) is 34.7 Å². The number of halogens is 3. The van der Waals surface area contributed by atoms with Gasteiger partial charge in [-0.3, -0.25) is 0 Å². The number of nitrogens with one attached hydrogen (secondary N) is 1. The van der Waals surface area contributed by atoms with Crippen LogP contribution in [0.15, 0.2) is 18.3 Å². The summed E-state index contributed by atoms with van der Waals surface area (Å²) >= 11 is 1.63. The second-order valence-electron chi connectivity index (χ2n) is 3.54. The van der Waals surface area contributed by atoms with Crippen LogP contribution in [-0.2, 0) is 6.18 Å². The van der Waals surface area contributed by atoms with Crippen molar-refractivity contribution in [3.63, 3.8) is 0 Å². The van der Waals surface area contributed by atoms with Crippen LogP contribution in [0.4, 0.5) is 19.0 Å². The Balaban J connectivity index is 2.34. The number of anilines is 1. The molecule has 0 atom stereocenters. The molecule has 0 amide bonds. The van der Waals surface area contributed by atoms with E-state index in [4.69, 9.17) is 5.11 Å². The van der Waals surface area contributed by atoms with Crippen molar-refractivity contribution in [1.29, 1.82) is 0 Å². The molecule has 1 aromatic rings. The molecule has 0 fully saturated rings. The Hall–Kier alpha value is -0.950. The molecule has 1 rings (SSSR count). The second kappa shape index (κ2) is 7.48. The summed E-state index contributed by atoms with van der Waals surface area (Å²) in [7, 11) is 0. The van der Waals surface area contributed by atoms with Crippen LogP contribution in [0.25, 0.3) is 0 Å². The van der Waals surface area contributed by atoms with E-state index in [1.54, 1.807) is 11.8 Å². The molecule has 0 aliphatic heterocycles. The van der Waals surface area contributed by atoms with Crippen LogP contribution in [0, 0.1) is 0 Å². The number of rotatable bonds is 7. The molecule has 0 bridgehead atoms. The van der Waals surface area contributed by atoms with Crippen LogP contribution in [0.3, 0.4) is 0 Å². The van der Waals surface area contributed by atoms with Crippen molar-refractivity contribution in [2.45, 2.75) is 12.6 Å². The molecule has 18 heavy (non-hydrogen) atoms. The molecule has 0 aromatic carbocycles. The lowest BCUT2D eigenvalue weighted by Crippen LogP contribution is -2.09. The van der Waals surface area contributed by atoms with Crippen LogP contribution in [0.2, 0.25) is 0 Å². The molecule has 1 heterocycles. The predicted octanol–water partition coefficient (Wildman–Crippen LogP) is 2.63. The zero-order valence-corrected chi connectivity index (χ0v) is 10.5. The number of thioether (sulfide) groups is 1. The Morgan fingerprint density at radius 3 is 2.78 bits per heavy atom. The van der Waals surface area contributed by atoms with Gasteiger partial charge in [-0.1, -0.05) is 0 Å². The maximum atomic E-state index is 12.4. The molecular weight excluding hydrogens is 265 g/mol. The average molecular weight is 280 g/mol. The first kappa shape index (κ1) is 15.1. The summed E-state index contributed by atoms with van der Waals surface area (Å²) < 4.78 is 37.2. The van der Waals surface area contributed by atoms with E-state index in [1.165, 1.54) is 0 Å². The number of nitrogens with zero attached hydrogens (tertiary/aromatic N) is 1. The number of aliphatic hydroxyl groups is 1. The van der Waals surface area contributed by atoms with Gasteiger partial charge in [0.05, 0.1) is 5.56 Å². The maximum absolute atomic E-state index is 12.4. The molecule has 7 heteroatoms. The quantitative estimate of drug-likeness (QED) is 0.754. The van der Waals surface area contributed by atoms with Gasteiger partial charge >= 0.3 is 6.18 Å². The first-order valence-corrected chi connectivity index (χ1v) is 6.65. The molecule has 0 spiro atoms. The van der Waals surface area contributed by atoms with E-state index in [0.29, 0.717) is 6.54 Å². The highest BCUT2D eigenvalue weighted by Crippen LogP contribution is 2.29. The van der Waals surface area contributed by atoms with E-state index in [2.05, 4.69) is 10.3 Å². The van der Waals surface area contributed by atoms with Gasteiger partial charge in [0.15, 0.2) is 0 Å². The zero-order chi connectivity index (χ0) is 13.4. The van der Waals surface area contributed by atoms with Crippen LogP contribution in [0.1, 0.15) is 12.0 Å². The fourth-order valence-corrected chi connectivity index (χ4v) is 2.01. The lowest BCUT2D eigenvalue weighted by atomic mass is 10.2. The lowest BCUT2D eigenvalue weighted by Gasteiger charge is -2.09. The SMILES string of the molecule is OCCCSCCNc1cc(C(F)(F)F)ccn1. The minimum Gasteiger partial charge on any atom is -0.396 e. The molecule has 0 radical (unpaired) electrons. The van der Waals surface area contributed by atoms with Gasteiger partial charge in [0.1, 0.15) is 5.82 Å². The molecule has 0 unspecified atom stereocenters. The molecule has 0 saturated carbocycles. The van der Waals surface area contributed by atoms with Crippen molar-refractivity contribution < 1.29 is 18.3 Å². The lowest BCUT2D eigenvalue weighted by molar-refractivity contribution is -0.137. The van der Waals surface area contributed by atoms with Gasteiger partial charge in [0.2, 0.25) is 0 Å². The van der Waals surface area contributed by atoms with Gasteiger partial charge < -0.3 is 10.4 Å². The largest absolute Gasteiger partial charge is 0.416 e. The van der Waals surface area contributed by atoms with Crippen LogP contribution in [0.5, 0.6) is 0 Å². The van der Waals surface area contributed by atoms with E-state index in [-0.39, 0.29) is 12.4 Å². The highest BCUT2D eigenvalue weighted by molar-refractivity contribution is 7.99. The summed E-state index contributed by atoms with van der Waals surface area (Å²) in [6, 6.07) is 1.94. The van der Waals surface area contributed by atoms with E-state index in [1.807, 2.05) is 0 Å². The third kappa shape index (κ3) is 5.59. The van der Waals surface area contributed by atoms with Gasteiger partial charge in [-0.15, -0.1) is 0 Å². The summed E-state index contributed by atoms with van der Waals surface area (Å²) in [5.74, 6) is 1.83. The summed E-state index contributed by atoms with van der Waals surface area (Å²) in [4.78, 5) is 3.83. The zero-order valence-electron chi connectivity index (χ0n) is 9.70. The first-order chi connectivity index (χ1) is 8.54. The molecular formula is C11H15F3N2OS. The third-order valence-corrected chi connectivity index (χ3v) is 3.16. The average Bonchev–Trinajstić information content (AvgIpc) is 2.33. The van der Waals surface area contributed by atoms with Gasteiger partial charge in [-0.25, -0.2) is 4.98 Å². The van der Waals surface area contributed by atoms with Crippen molar-refractivity contribution in [2.24, 2.45) is 0 Å². The summed E-state index contributed by atoms with van der Waals surface area (Å²) in [6.45, 7) is 0.708. The summed E-state index contributed by atoms with van der Waals surface area (Å²) in [6.07, 6.45) is -2.47. The van der Waals surface area contributed by atoms with E-state index >= 15 is 0 Å². The normalized spacial score (nSPS) is 11.6. The molecule has 0 aliphatic carbocycles. The molecule has 0 saturated heterocycles. The molecule has 1 aromatic heterocycles. The van der Waals surface area contributed by atoms with Crippen molar-refractivity contribution >= 4 is 17.6 Å². The Kier molecular flexibility index (Phi) is 6.28. The van der Waals surface area contributed by atoms with Crippen molar-refractivity contribution in [2.75, 3.05) is 30.0 Å². The van der Waals surface area contributed by atoms with E-state index in [9.17, 15) is 13.2 Å². The van der Waals surface area contributed by atoms with E-state index < -0.39 is 11.7 Å². The predicted molar refractivity (Wildman–Crippen MR) is 66.8 cm³/mol. The smallest absolute Gasteiger partial charge is 0.396 e. The number of pyridine rings is 1. The minimum absolute atomic E-state index is 0.162. The first-order valence-electron chi connectivity index (χ1n) is 5.50. The molecule has 2 N–H and O–H groups in total. The Bertz CT molecular complexity index is 360. The topological polar surface area (TPSA) is 45.1 Å². The van der Waals surface area contributed by atoms with Gasteiger partial charge in [-0.2, -0.15) is 24.9 Å². The second-order valence-corrected chi connectivity index (χ2v) is 4.77. The monoisotopic (exact) mass is 280 g/mol. The minimum atomic E-state index is -4.34. The summed E-state index contributed by atoms with van der Waals surface area (Å²) in [5.41, 5.74) is -0.701. The maximum Gasteiger partial charge on any atom is 0.416 e. The third-order valence-electron chi connectivity index (χ3n) is 2.09.